The van der Waals surface area contributed by atoms with Gasteiger partial charge in [0.2, 0.25) is 0 Å². The molecule has 2 rings (SSSR count). The normalized spacial score (nSPS) is 22.6. The second-order valence-electron chi connectivity index (χ2n) is 6.92. The number of nitrogens with one attached hydrogen (secondary N) is 1. The van der Waals surface area contributed by atoms with Crippen molar-refractivity contribution in [3.63, 3.8) is 0 Å². The van der Waals surface area contributed by atoms with Crippen molar-refractivity contribution in [1.29, 1.82) is 0 Å². The summed E-state index contributed by atoms with van der Waals surface area (Å²) in [6.07, 6.45) is 0.602. The largest absolute Gasteiger partial charge is 0.325 e. The van der Waals surface area contributed by atoms with E-state index in [-0.39, 0.29) is 17.4 Å². The summed E-state index contributed by atoms with van der Waals surface area (Å²) in [5.41, 5.74) is 1.65. The van der Waals surface area contributed by atoms with E-state index < -0.39 is 5.54 Å². The fourth-order valence-corrected chi connectivity index (χ4v) is 2.54. The summed E-state index contributed by atoms with van der Waals surface area (Å²) in [5.74, 6) is -0.207. The minimum absolute atomic E-state index is 0.109. The summed E-state index contributed by atoms with van der Waals surface area (Å²) < 4.78 is 0. The van der Waals surface area contributed by atoms with E-state index in [4.69, 9.17) is 0 Å². The highest BCUT2D eigenvalue weighted by atomic mass is 16.2. The lowest BCUT2D eigenvalue weighted by Crippen LogP contribution is -2.45. The van der Waals surface area contributed by atoms with Gasteiger partial charge in [0, 0.05) is 6.54 Å². The Morgan fingerprint density at radius 1 is 1.14 bits per heavy atom. The van der Waals surface area contributed by atoms with E-state index in [9.17, 15) is 9.59 Å². The molecule has 1 aromatic carbocycles. The molecule has 0 saturated carbocycles. The Bertz CT molecular complexity index is 557. The molecule has 1 aliphatic heterocycles. The van der Waals surface area contributed by atoms with E-state index in [0.717, 1.165) is 5.56 Å². The number of nitrogens with zero attached hydrogens (tertiary/aromatic N) is 1. The lowest BCUT2D eigenvalue weighted by molar-refractivity contribution is -0.126. The van der Waals surface area contributed by atoms with E-state index in [2.05, 4.69) is 38.2 Å². The van der Waals surface area contributed by atoms with E-state index in [1.54, 1.807) is 4.90 Å². The number of carbonyl (C=O) groups is 2. The predicted octanol–water partition coefficient (Wildman–Crippen LogP) is 3.20. The molecular weight excluding hydrogens is 264 g/mol. The van der Waals surface area contributed by atoms with E-state index in [1.165, 1.54) is 5.56 Å². The van der Waals surface area contributed by atoms with Crippen LogP contribution in [0.1, 0.15) is 52.2 Å². The molecule has 1 fully saturated rings. The minimum atomic E-state index is -0.750. The van der Waals surface area contributed by atoms with Crippen LogP contribution in [0.4, 0.5) is 4.79 Å². The van der Waals surface area contributed by atoms with Gasteiger partial charge in [-0.05, 0) is 29.9 Å². The molecule has 0 spiro atoms. The van der Waals surface area contributed by atoms with Crippen LogP contribution < -0.4 is 5.32 Å². The maximum atomic E-state index is 12.0. The van der Waals surface area contributed by atoms with Gasteiger partial charge in [-0.1, -0.05) is 52.0 Å². The summed E-state index contributed by atoms with van der Waals surface area (Å²) in [4.78, 5) is 25.6. The van der Waals surface area contributed by atoms with Crippen LogP contribution in [0.3, 0.4) is 0 Å². The lowest BCUT2D eigenvalue weighted by atomic mass is 9.86. The van der Waals surface area contributed by atoms with Crippen molar-refractivity contribution in [2.75, 3.05) is 0 Å². The highest BCUT2D eigenvalue weighted by Crippen LogP contribution is 2.28. The van der Waals surface area contributed by atoms with Crippen molar-refractivity contribution in [2.24, 2.45) is 0 Å². The van der Waals surface area contributed by atoms with Crippen molar-refractivity contribution in [2.45, 2.75) is 58.5 Å². The van der Waals surface area contributed by atoms with Crippen LogP contribution in [-0.2, 0) is 16.8 Å². The summed E-state index contributed by atoms with van der Waals surface area (Å²) >= 11 is 0. The summed E-state index contributed by atoms with van der Waals surface area (Å²) in [7, 11) is 0. The lowest BCUT2D eigenvalue weighted by Gasteiger charge is -2.31. The van der Waals surface area contributed by atoms with E-state index in [1.807, 2.05) is 26.0 Å². The Morgan fingerprint density at radius 2 is 1.71 bits per heavy atom. The highest BCUT2D eigenvalue weighted by molar-refractivity contribution is 6.06. The van der Waals surface area contributed by atoms with Gasteiger partial charge in [-0.15, -0.1) is 0 Å². The Morgan fingerprint density at radius 3 is 2.19 bits per heavy atom. The molecule has 4 heteroatoms. The fraction of sp³-hybridized carbons (Fsp3) is 0.529. The number of urea groups is 1. The molecule has 0 aromatic heterocycles. The number of hydrogen-bond donors (Lipinski definition) is 1. The average Bonchev–Trinajstić information content (AvgIpc) is 2.62. The van der Waals surface area contributed by atoms with Gasteiger partial charge in [0.1, 0.15) is 5.54 Å². The van der Waals surface area contributed by atoms with Crippen LogP contribution in [0, 0.1) is 0 Å². The van der Waals surface area contributed by atoms with Gasteiger partial charge in [0.25, 0.3) is 5.91 Å². The molecule has 3 amide bonds. The van der Waals surface area contributed by atoms with Crippen molar-refractivity contribution in [3.05, 3.63) is 35.4 Å². The zero-order chi connectivity index (χ0) is 15.8. The number of carbonyl (C=O) groups excluding carboxylic acids is 2. The molecular formula is C17H24N2O2. The zero-order valence-electron chi connectivity index (χ0n) is 13.5. The number of hydrogen-bond acceptors (Lipinski definition) is 2. The Labute approximate surface area is 126 Å². The molecule has 0 aliphatic carbocycles. The van der Waals surface area contributed by atoms with Gasteiger partial charge < -0.3 is 4.90 Å². The minimum Gasteiger partial charge on any atom is -0.306 e. The maximum absolute atomic E-state index is 12.0. The third-order valence-electron chi connectivity index (χ3n) is 4.40. The van der Waals surface area contributed by atoms with Gasteiger partial charge >= 0.3 is 6.03 Å². The molecule has 21 heavy (non-hydrogen) atoms. The molecule has 0 radical (unpaired) electrons. The molecule has 0 bridgehead atoms. The SMILES string of the molecule is CCC1(C)C(=O)NC(=O)N1Cc1ccc(C(C)(C)C)cc1. The Hall–Kier alpha value is -1.84. The first kappa shape index (κ1) is 15.5. The van der Waals surface area contributed by atoms with E-state index in [0.29, 0.717) is 13.0 Å². The van der Waals surface area contributed by atoms with Crippen molar-refractivity contribution >= 4 is 11.9 Å². The second-order valence-corrected chi connectivity index (χ2v) is 6.92. The van der Waals surface area contributed by atoms with Gasteiger partial charge in [-0.3, -0.25) is 10.1 Å². The van der Waals surface area contributed by atoms with Crippen LogP contribution in [0.25, 0.3) is 0 Å². The standard InChI is InChI=1S/C17H24N2O2/c1-6-17(5)14(20)18-15(21)19(17)11-12-7-9-13(10-8-12)16(2,3)4/h7-10H,6,11H2,1-5H3,(H,18,20,21). The first-order chi connectivity index (χ1) is 9.68. The molecule has 1 saturated heterocycles. The summed E-state index contributed by atoms with van der Waals surface area (Å²) in [6, 6.07) is 7.95. The van der Waals surface area contributed by atoms with E-state index >= 15 is 0 Å². The maximum Gasteiger partial charge on any atom is 0.325 e. The van der Waals surface area contributed by atoms with Crippen LogP contribution in [-0.4, -0.2) is 22.4 Å². The molecule has 1 unspecified atom stereocenters. The topological polar surface area (TPSA) is 49.4 Å². The van der Waals surface area contributed by atoms with Crippen LogP contribution in [0.5, 0.6) is 0 Å². The molecule has 1 heterocycles. The van der Waals surface area contributed by atoms with Crippen LogP contribution >= 0.6 is 0 Å². The van der Waals surface area contributed by atoms with Gasteiger partial charge in [-0.25, -0.2) is 4.79 Å². The van der Waals surface area contributed by atoms with Crippen LogP contribution in [0.15, 0.2) is 24.3 Å². The summed E-state index contributed by atoms with van der Waals surface area (Å²) in [5, 5.41) is 2.41. The first-order valence-electron chi connectivity index (χ1n) is 7.41. The number of rotatable bonds is 3. The molecule has 1 aliphatic rings. The molecule has 114 valence electrons. The quantitative estimate of drug-likeness (QED) is 0.868. The Balaban J connectivity index is 2.21. The third kappa shape index (κ3) is 2.80. The smallest absolute Gasteiger partial charge is 0.306 e. The number of benzene rings is 1. The van der Waals surface area contributed by atoms with Crippen LogP contribution in [0.2, 0.25) is 0 Å². The highest BCUT2D eigenvalue weighted by Gasteiger charge is 2.47. The zero-order valence-corrected chi connectivity index (χ0v) is 13.5. The molecule has 4 nitrogen and oxygen atoms in total. The first-order valence-corrected chi connectivity index (χ1v) is 7.41. The molecule has 1 atom stereocenters. The second kappa shape index (κ2) is 5.17. The monoisotopic (exact) mass is 288 g/mol. The van der Waals surface area contributed by atoms with Gasteiger partial charge in [0.15, 0.2) is 0 Å². The van der Waals surface area contributed by atoms with Gasteiger partial charge in [-0.2, -0.15) is 0 Å². The van der Waals surface area contributed by atoms with Crippen molar-refractivity contribution < 1.29 is 9.59 Å². The Kier molecular flexibility index (Phi) is 3.83. The van der Waals surface area contributed by atoms with Crippen molar-refractivity contribution in [1.82, 2.24) is 10.2 Å². The van der Waals surface area contributed by atoms with Gasteiger partial charge in [0.05, 0.1) is 0 Å². The molecule has 1 N–H and O–H groups in total. The third-order valence-corrected chi connectivity index (χ3v) is 4.40. The summed E-state index contributed by atoms with van der Waals surface area (Å²) in [6.45, 7) is 10.7. The molecule has 1 aromatic rings. The number of amides is 3. The van der Waals surface area contributed by atoms with Crippen molar-refractivity contribution in [3.8, 4) is 0 Å². The average molecular weight is 288 g/mol. The number of imide groups is 1. The predicted molar refractivity (Wildman–Crippen MR) is 82.9 cm³/mol. The fourth-order valence-electron chi connectivity index (χ4n) is 2.54.